The number of hydrogen-bond acceptors (Lipinski definition) is 3. The number of hydrogen-bond donors (Lipinski definition) is 0. The van der Waals surface area contributed by atoms with Gasteiger partial charge in [-0.1, -0.05) is 48.9 Å². The van der Waals surface area contributed by atoms with Gasteiger partial charge in [-0.05, 0) is 37.2 Å². The van der Waals surface area contributed by atoms with Crippen molar-refractivity contribution in [3.63, 3.8) is 0 Å². The zero-order valence-electron chi connectivity index (χ0n) is 14.7. The van der Waals surface area contributed by atoms with Gasteiger partial charge in [0, 0.05) is 18.4 Å². The molecular formula is C21H25NO3. The standard InChI is InChI=1S/C21H25NO3/c1-2-16-10-15-11-18(20(23)17-8-9-17)19(16)22(12-15)21(24)25-13-14-6-4-3-5-7-14/h3-7,10,15,17-19H,2,8-9,11-13H2,1H3/t15-,18-,19+/m1/s1. The van der Waals surface area contributed by atoms with Gasteiger partial charge in [0.1, 0.15) is 12.4 Å². The van der Waals surface area contributed by atoms with E-state index in [0.717, 1.165) is 31.2 Å². The molecule has 2 aliphatic carbocycles. The van der Waals surface area contributed by atoms with Gasteiger partial charge < -0.3 is 9.64 Å². The fourth-order valence-corrected chi connectivity index (χ4v) is 4.35. The number of piperidine rings is 1. The quantitative estimate of drug-likeness (QED) is 0.763. The Morgan fingerprint density at radius 2 is 1.96 bits per heavy atom. The predicted octanol–water partition coefficient (Wildman–Crippen LogP) is 3.96. The molecule has 2 fully saturated rings. The number of benzene rings is 1. The van der Waals surface area contributed by atoms with Gasteiger partial charge >= 0.3 is 6.09 Å². The van der Waals surface area contributed by atoms with Crippen molar-refractivity contribution in [3.8, 4) is 0 Å². The van der Waals surface area contributed by atoms with Crippen LogP contribution < -0.4 is 0 Å². The minimum absolute atomic E-state index is 0.0320. The molecule has 1 saturated heterocycles. The van der Waals surface area contributed by atoms with Crippen LogP contribution in [0.4, 0.5) is 4.79 Å². The number of carbonyl (C=O) groups is 2. The summed E-state index contributed by atoms with van der Waals surface area (Å²) in [6.45, 7) is 3.06. The summed E-state index contributed by atoms with van der Waals surface area (Å²) in [7, 11) is 0. The van der Waals surface area contributed by atoms with Crippen molar-refractivity contribution >= 4 is 11.9 Å². The van der Waals surface area contributed by atoms with Gasteiger partial charge in [0.25, 0.3) is 0 Å². The Hall–Kier alpha value is -2.10. The van der Waals surface area contributed by atoms with E-state index in [9.17, 15) is 9.59 Å². The molecule has 0 unspecified atom stereocenters. The smallest absolute Gasteiger partial charge is 0.410 e. The molecule has 1 aromatic carbocycles. The fourth-order valence-electron chi connectivity index (χ4n) is 4.35. The predicted molar refractivity (Wildman–Crippen MR) is 94.8 cm³/mol. The maximum atomic E-state index is 12.8. The van der Waals surface area contributed by atoms with Gasteiger partial charge in [-0.25, -0.2) is 4.79 Å². The molecule has 4 heteroatoms. The van der Waals surface area contributed by atoms with Crippen LogP contribution in [0.1, 0.15) is 38.2 Å². The number of carbonyl (C=O) groups excluding carboxylic acids is 2. The largest absolute Gasteiger partial charge is 0.445 e. The second-order valence-corrected chi connectivity index (χ2v) is 7.51. The van der Waals surface area contributed by atoms with Crippen molar-refractivity contribution in [2.75, 3.05) is 6.54 Å². The number of fused-ring (bicyclic) bond motifs is 2. The number of nitrogens with zero attached hydrogens (tertiary/aromatic N) is 1. The maximum absolute atomic E-state index is 12.8. The molecule has 0 aromatic heterocycles. The Morgan fingerprint density at radius 1 is 1.20 bits per heavy atom. The molecule has 2 aliphatic heterocycles. The minimum Gasteiger partial charge on any atom is -0.445 e. The highest BCUT2D eigenvalue weighted by molar-refractivity contribution is 5.87. The first-order chi connectivity index (χ1) is 12.2. The molecule has 0 spiro atoms. The van der Waals surface area contributed by atoms with Crippen molar-refractivity contribution in [1.29, 1.82) is 0 Å². The number of Topliss-reactive ketones (excluding diaryl/α,β-unsaturated/α-hetero) is 1. The summed E-state index contributed by atoms with van der Waals surface area (Å²) in [6.07, 6.45) is 5.84. The van der Waals surface area contributed by atoms with Crippen molar-refractivity contribution in [2.24, 2.45) is 17.8 Å². The number of ether oxygens (including phenoxy) is 1. The summed E-state index contributed by atoms with van der Waals surface area (Å²) in [5, 5.41) is 0. The average molecular weight is 339 g/mol. The Morgan fingerprint density at radius 3 is 2.64 bits per heavy atom. The maximum Gasteiger partial charge on any atom is 0.410 e. The van der Waals surface area contributed by atoms with Crippen LogP contribution in [0.5, 0.6) is 0 Å². The Balaban J connectivity index is 1.49. The van der Waals surface area contributed by atoms with E-state index in [0.29, 0.717) is 12.3 Å². The SMILES string of the molecule is CCC1=C[C@@H]2C[C@@H](C(=O)C3CC3)[C@H]1N(C(=O)OCc1ccccc1)C2. The third-order valence-corrected chi connectivity index (χ3v) is 5.73. The lowest BCUT2D eigenvalue weighted by atomic mass is 9.70. The number of amides is 1. The zero-order chi connectivity index (χ0) is 17.4. The van der Waals surface area contributed by atoms with Crippen LogP contribution in [0, 0.1) is 17.8 Å². The molecule has 2 heterocycles. The zero-order valence-corrected chi connectivity index (χ0v) is 14.7. The average Bonchev–Trinajstić information content (AvgIpc) is 3.51. The van der Waals surface area contributed by atoms with Crippen molar-refractivity contribution < 1.29 is 14.3 Å². The molecule has 2 bridgehead atoms. The molecule has 25 heavy (non-hydrogen) atoms. The topological polar surface area (TPSA) is 46.6 Å². The molecule has 1 amide bonds. The fraction of sp³-hybridized carbons (Fsp3) is 0.524. The van der Waals surface area contributed by atoms with Crippen molar-refractivity contribution in [1.82, 2.24) is 4.90 Å². The summed E-state index contributed by atoms with van der Waals surface area (Å²) >= 11 is 0. The van der Waals surface area contributed by atoms with E-state index in [2.05, 4.69) is 13.0 Å². The van der Waals surface area contributed by atoms with E-state index >= 15 is 0 Å². The third kappa shape index (κ3) is 3.22. The Kier molecular flexibility index (Phi) is 4.36. The van der Waals surface area contributed by atoms with Crippen LogP contribution in [-0.2, 0) is 16.1 Å². The van der Waals surface area contributed by atoms with Crippen LogP contribution in [0.15, 0.2) is 42.0 Å². The van der Waals surface area contributed by atoms with Gasteiger partial charge in [-0.2, -0.15) is 0 Å². The van der Waals surface area contributed by atoms with E-state index in [4.69, 9.17) is 4.74 Å². The lowest BCUT2D eigenvalue weighted by Gasteiger charge is -2.48. The normalized spacial score (nSPS) is 27.8. The summed E-state index contributed by atoms with van der Waals surface area (Å²) in [4.78, 5) is 27.3. The molecule has 3 atom stereocenters. The van der Waals surface area contributed by atoms with Crippen LogP contribution in [0.2, 0.25) is 0 Å². The molecule has 4 nitrogen and oxygen atoms in total. The van der Waals surface area contributed by atoms with E-state index in [-0.39, 0.29) is 36.5 Å². The molecule has 4 aliphatic rings. The van der Waals surface area contributed by atoms with Crippen molar-refractivity contribution in [3.05, 3.63) is 47.5 Å². The lowest BCUT2D eigenvalue weighted by Crippen LogP contribution is -2.57. The van der Waals surface area contributed by atoms with Crippen molar-refractivity contribution in [2.45, 2.75) is 45.3 Å². The van der Waals surface area contributed by atoms with Gasteiger partial charge in [0.05, 0.1) is 6.04 Å². The van der Waals surface area contributed by atoms with Crippen LogP contribution in [0.25, 0.3) is 0 Å². The molecular weight excluding hydrogens is 314 g/mol. The Labute approximate surface area is 148 Å². The molecule has 1 aromatic rings. The molecule has 132 valence electrons. The van der Waals surface area contributed by atoms with Gasteiger partial charge in [-0.15, -0.1) is 0 Å². The third-order valence-electron chi connectivity index (χ3n) is 5.73. The van der Waals surface area contributed by atoms with Gasteiger partial charge in [0.15, 0.2) is 0 Å². The highest BCUT2D eigenvalue weighted by atomic mass is 16.6. The summed E-state index contributed by atoms with van der Waals surface area (Å²) in [5.41, 5.74) is 2.22. The minimum atomic E-state index is -0.286. The van der Waals surface area contributed by atoms with E-state index in [1.54, 1.807) is 0 Å². The first-order valence-electron chi connectivity index (χ1n) is 9.39. The number of rotatable bonds is 5. The second kappa shape index (κ2) is 6.66. The van der Waals surface area contributed by atoms with Crippen LogP contribution in [0.3, 0.4) is 0 Å². The molecule has 0 N–H and O–H groups in total. The summed E-state index contributed by atoms with van der Waals surface area (Å²) in [6, 6.07) is 9.63. The lowest BCUT2D eigenvalue weighted by molar-refractivity contribution is -0.128. The second-order valence-electron chi connectivity index (χ2n) is 7.51. The summed E-state index contributed by atoms with van der Waals surface area (Å²) < 4.78 is 5.57. The first kappa shape index (κ1) is 16.4. The van der Waals surface area contributed by atoms with E-state index < -0.39 is 0 Å². The number of ketones is 1. The van der Waals surface area contributed by atoms with E-state index in [1.165, 1.54) is 5.57 Å². The molecule has 5 rings (SSSR count). The highest BCUT2D eigenvalue weighted by Crippen LogP contribution is 2.44. The van der Waals surface area contributed by atoms with E-state index in [1.807, 2.05) is 35.2 Å². The van der Waals surface area contributed by atoms with Gasteiger partial charge in [0.2, 0.25) is 0 Å². The highest BCUT2D eigenvalue weighted by Gasteiger charge is 2.49. The molecule has 0 radical (unpaired) electrons. The summed E-state index contributed by atoms with van der Waals surface area (Å²) in [5.74, 6) is 0.867. The molecule has 1 saturated carbocycles. The monoisotopic (exact) mass is 339 g/mol. The first-order valence-corrected chi connectivity index (χ1v) is 9.39. The Bertz CT molecular complexity index is 692. The van der Waals surface area contributed by atoms with Crippen LogP contribution in [-0.4, -0.2) is 29.4 Å². The van der Waals surface area contributed by atoms with Crippen LogP contribution >= 0.6 is 0 Å². The van der Waals surface area contributed by atoms with Gasteiger partial charge in [-0.3, -0.25) is 4.79 Å².